The minimum Gasteiger partial charge on any atom is -0.486 e. The number of pyridine rings is 1. The molecule has 0 unspecified atom stereocenters. The highest BCUT2D eigenvalue weighted by atomic mass is 32.1. The Labute approximate surface area is 150 Å². The van der Waals surface area contributed by atoms with Crippen molar-refractivity contribution in [2.45, 2.75) is 20.0 Å². The average Bonchev–Trinajstić information content (AvgIpc) is 3.10. The fourth-order valence-corrected chi connectivity index (χ4v) is 2.96. The van der Waals surface area contributed by atoms with Crippen LogP contribution in [0.4, 0.5) is 0 Å². The van der Waals surface area contributed by atoms with Crippen LogP contribution in [0.15, 0.2) is 54.0 Å². The summed E-state index contributed by atoms with van der Waals surface area (Å²) in [6.07, 6.45) is 2.44. The van der Waals surface area contributed by atoms with E-state index < -0.39 is 0 Å². The topological polar surface area (TPSA) is 64.1 Å². The predicted molar refractivity (Wildman–Crippen MR) is 97.9 cm³/mol. The van der Waals surface area contributed by atoms with Gasteiger partial charge in [-0.2, -0.15) is 0 Å². The number of benzene rings is 1. The Balaban J connectivity index is 1.48. The smallest absolute Gasteiger partial charge is 0.270 e. The van der Waals surface area contributed by atoms with Gasteiger partial charge >= 0.3 is 0 Å². The van der Waals surface area contributed by atoms with Gasteiger partial charge in [0.1, 0.15) is 23.1 Å². The number of hydrogen-bond donors (Lipinski definition) is 1. The lowest BCUT2D eigenvalue weighted by atomic mass is 10.2. The van der Waals surface area contributed by atoms with Crippen molar-refractivity contribution in [3.63, 3.8) is 0 Å². The molecule has 0 aliphatic heterocycles. The Morgan fingerprint density at radius 1 is 1.24 bits per heavy atom. The molecule has 0 saturated heterocycles. The second-order valence-electron chi connectivity index (χ2n) is 5.56. The minimum atomic E-state index is -0.172. The van der Waals surface area contributed by atoms with Gasteiger partial charge in [0.05, 0.1) is 0 Å². The standard InChI is InChI=1S/C19H19N3O2S/c1-14-5-4-7-16(11-14)24-12-18-22-17(13-25-18)19(23)21-10-8-15-6-2-3-9-20-15/h2-7,9,11,13H,8,10,12H2,1H3,(H,21,23). The van der Waals surface area contributed by atoms with Crippen LogP contribution in [0.1, 0.15) is 26.8 Å². The molecule has 1 amide bonds. The normalized spacial score (nSPS) is 10.4. The second-order valence-corrected chi connectivity index (χ2v) is 6.50. The summed E-state index contributed by atoms with van der Waals surface area (Å²) in [6, 6.07) is 13.6. The van der Waals surface area contributed by atoms with E-state index in [1.807, 2.05) is 49.4 Å². The average molecular weight is 353 g/mol. The van der Waals surface area contributed by atoms with E-state index in [0.717, 1.165) is 22.0 Å². The van der Waals surface area contributed by atoms with Gasteiger partial charge in [-0.3, -0.25) is 9.78 Å². The maximum absolute atomic E-state index is 12.1. The number of amides is 1. The molecule has 0 radical (unpaired) electrons. The molecular weight excluding hydrogens is 334 g/mol. The number of nitrogens with one attached hydrogen (secondary N) is 1. The first-order chi connectivity index (χ1) is 12.2. The second kappa shape index (κ2) is 8.39. The van der Waals surface area contributed by atoms with E-state index in [-0.39, 0.29) is 5.91 Å². The molecule has 0 atom stereocenters. The third-order valence-corrected chi connectivity index (χ3v) is 4.35. The summed E-state index contributed by atoms with van der Waals surface area (Å²) in [5.41, 5.74) is 2.52. The first kappa shape index (κ1) is 17.1. The first-order valence-corrected chi connectivity index (χ1v) is 8.90. The van der Waals surface area contributed by atoms with Crippen LogP contribution < -0.4 is 10.1 Å². The quantitative estimate of drug-likeness (QED) is 0.707. The van der Waals surface area contributed by atoms with Crippen molar-refractivity contribution in [1.82, 2.24) is 15.3 Å². The number of carbonyl (C=O) groups is 1. The molecule has 0 fully saturated rings. The number of carbonyl (C=O) groups excluding carboxylic acids is 1. The SMILES string of the molecule is Cc1cccc(OCc2nc(C(=O)NCCc3ccccn3)cs2)c1. The molecule has 0 saturated carbocycles. The molecule has 0 spiro atoms. The number of thiazole rings is 1. The summed E-state index contributed by atoms with van der Waals surface area (Å²) in [5.74, 6) is 0.630. The number of hydrogen-bond acceptors (Lipinski definition) is 5. The van der Waals surface area contributed by atoms with Gasteiger partial charge < -0.3 is 10.1 Å². The van der Waals surface area contributed by atoms with Gasteiger partial charge in [-0.15, -0.1) is 11.3 Å². The zero-order valence-corrected chi connectivity index (χ0v) is 14.8. The van der Waals surface area contributed by atoms with Crippen molar-refractivity contribution in [1.29, 1.82) is 0 Å². The van der Waals surface area contributed by atoms with Crippen molar-refractivity contribution in [3.05, 3.63) is 76.0 Å². The van der Waals surface area contributed by atoms with Crippen molar-refractivity contribution in [3.8, 4) is 5.75 Å². The molecule has 0 aliphatic carbocycles. The van der Waals surface area contributed by atoms with E-state index >= 15 is 0 Å². The van der Waals surface area contributed by atoms with Crippen molar-refractivity contribution in [2.75, 3.05) is 6.54 Å². The van der Waals surface area contributed by atoms with Gasteiger partial charge in [0.25, 0.3) is 5.91 Å². The summed E-state index contributed by atoms with van der Waals surface area (Å²) >= 11 is 1.42. The molecule has 128 valence electrons. The van der Waals surface area contributed by atoms with Crippen LogP contribution in [0.25, 0.3) is 0 Å². The number of ether oxygens (including phenoxy) is 1. The molecule has 6 heteroatoms. The molecule has 3 rings (SSSR count). The molecule has 3 aromatic rings. The molecule has 25 heavy (non-hydrogen) atoms. The molecule has 2 aromatic heterocycles. The third-order valence-electron chi connectivity index (χ3n) is 3.53. The highest BCUT2D eigenvalue weighted by Gasteiger charge is 2.11. The molecule has 1 N–H and O–H groups in total. The lowest BCUT2D eigenvalue weighted by Crippen LogP contribution is -2.26. The van der Waals surface area contributed by atoms with Crippen LogP contribution in [-0.2, 0) is 13.0 Å². The van der Waals surface area contributed by atoms with Crippen LogP contribution in [0, 0.1) is 6.92 Å². The Morgan fingerprint density at radius 2 is 2.16 bits per heavy atom. The summed E-state index contributed by atoms with van der Waals surface area (Å²) in [6.45, 7) is 2.90. The zero-order valence-electron chi connectivity index (χ0n) is 13.9. The van der Waals surface area contributed by atoms with E-state index in [9.17, 15) is 4.79 Å². The fraction of sp³-hybridized carbons (Fsp3) is 0.211. The molecule has 2 heterocycles. The first-order valence-electron chi connectivity index (χ1n) is 8.03. The number of nitrogens with zero attached hydrogens (tertiary/aromatic N) is 2. The summed E-state index contributed by atoms with van der Waals surface area (Å²) < 4.78 is 5.71. The highest BCUT2D eigenvalue weighted by molar-refractivity contribution is 7.09. The zero-order chi connectivity index (χ0) is 17.5. The van der Waals surface area contributed by atoms with E-state index in [0.29, 0.717) is 25.3 Å². The van der Waals surface area contributed by atoms with Gasteiger partial charge in [0, 0.05) is 30.2 Å². The van der Waals surface area contributed by atoms with Crippen LogP contribution in [0.5, 0.6) is 5.75 Å². The largest absolute Gasteiger partial charge is 0.486 e. The van der Waals surface area contributed by atoms with Gasteiger partial charge in [0.2, 0.25) is 0 Å². The highest BCUT2D eigenvalue weighted by Crippen LogP contribution is 2.16. The summed E-state index contributed by atoms with van der Waals surface area (Å²) in [7, 11) is 0. The Kier molecular flexibility index (Phi) is 5.74. The predicted octanol–water partition coefficient (Wildman–Crippen LogP) is 3.40. The van der Waals surface area contributed by atoms with Crippen LogP contribution in [0.3, 0.4) is 0 Å². The van der Waals surface area contributed by atoms with E-state index in [2.05, 4.69) is 15.3 Å². The van der Waals surface area contributed by atoms with Crippen LogP contribution >= 0.6 is 11.3 Å². The summed E-state index contributed by atoms with van der Waals surface area (Å²) in [5, 5.41) is 5.40. The van der Waals surface area contributed by atoms with E-state index in [1.165, 1.54) is 11.3 Å². The number of aryl methyl sites for hydroxylation is 1. The van der Waals surface area contributed by atoms with Crippen molar-refractivity contribution in [2.24, 2.45) is 0 Å². The summed E-state index contributed by atoms with van der Waals surface area (Å²) in [4.78, 5) is 20.7. The molecule has 0 bridgehead atoms. The molecule has 1 aromatic carbocycles. The minimum absolute atomic E-state index is 0.172. The Bertz CT molecular complexity index is 833. The van der Waals surface area contributed by atoms with E-state index in [1.54, 1.807) is 11.6 Å². The number of rotatable bonds is 7. The fourth-order valence-electron chi connectivity index (χ4n) is 2.27. The third kappa shape index (κ3) is 5.12. The molecule has 5 nitrogen and oxygen atoms in total. The lowest BCUT2D eigenvalue weighted by Gasteiger charge is -2.04. The van der Waals surface area contributed by atoms with Gasteiger partial charge in [-0.1, -0.05) is 18.2 Å². The van der Waals surface area contributed by atoms with Gasteiger partial charge in [-0.05, 0) is 36.8 Å². The van der Waals surface area contributed by atoms with Gasteiger partial charge in [-0.25, -0.2) is 4.98 Å². The maximum atomic E-state index is 12.1. The van der Waals surface area contributed by atoms with Crippen LogP contribution in [-0.4, -0.2) is 22.4 Å². The monoisotopic (exact) mass is 353 g/mol. The molecular formula is C19H19N3O2S. The Hall–Kier alpha value is -2.73. The van der Waals surface area contributed by atoms with Crippen molar-refractivity contribution >= 4 is 17.2 Å². The van der Waals surface area contributed by atoms with E-state index in [4.69, 9.17) is 4.74 Å². The van der Waals surface area contributed by atoms with Crippen molar-refractivity contribution < 1.29 is 9.53 Å². The maximum Gasteiger partial charge on any atom is 0.270 e. The van der Waals surface area contributed by atoms with Crippen LogP contribution in [0.2, 0.25) is 0 Å². The lowest BCUT2D eigenvalue weighted by molar-refractivity contribution is 0.0949. The molecule has 0 aliphatic rings. The number of aromatic nitrogens is 2. The van der Waals surface area contributed by atoms with Gasteiger partial charge in [0.15, 0.2) is 0 Å². The Morgan fingerprint density at radius 3 is 2.96 bits per heavy atom.